The molecule has 3 heteroatoms. The molecule has 1 saturated heterocycles. The van der Waals surface area contributed by atoms with Gasteiger partial charge in [0.25, 0.3) is 0 Å². The summed E-state index contributed by atoms with van der Waals surface area (Å²) in [5, 5.41) is 0. The maximum Gasteiger partial charge on any atom is 0.196 e. The highest BCUT2D eigenvalue weighted by atomic mass is 127. The van der Waals surface area contributed by atoms with E-state index in [1.54, 1.807) is 0 Å². The molecule has 1 atom stereocenters. The smallest absolute Gasteiger partial charge is 0.196 e. The lowest BCUT2D eigenvalue weighted by Crippen LogP contribution is -2.34. The molecule has 1 unspecified atom stereocenters. The van der Waals surface area contributed by atoms with E-state index in [0.717, 1.165) is 19.5 Å². The van der Waals surface area contributed by atoms with Crippen molar-refractivity contribution in [2.75, 3.05) is 20.1 Å². The van der Waals surface area contributed by atoms with E-state index < -0.39 is 0 Å². The number of likely N-dealkylation sites (tertiary alicyclic amines) is 1. The van der Waals surface area contributed by atoms with Gasteiger partial charge in [-0.05, 0) is 49.0 Å². The lowest BCUT2D eigenvalue weighted by atomic mass is 10.0. The largest absolute Gasteiger partial charge is 0.306 e. The van der Waals surface area contributed by atoms with E-state index in [2.05, 4.69) is 11.9 Å². The predicted octanol–water partition coefficient (Wildman–Crippen LogP) is 1.29. The van der Waals surface area contributed by atoms with Gasteiger partial charge in [-0.15, -0.1) is 0 Å². The molecule has 0 saturated carbocycles. The molecule has 58 valence electrons. The molecule has 0 bridgehead atoms. The zero-order valence-corrected chi connectivity index (χ0v) is 8.30. The number of piperidine rings is 1. The van der Waals surface area contributed by atoms with Crippen LogP contribution in [0.3, 0.4) is 0 Å². The third-order valence-corrected chi connectivity index (χ3v) is 2.83. The first-order valence-electron chi connectivity index (χ1n) is 3.58. The van der Waals surface area contributed by atoms with Gasteiger partial charge < -0.3 is 4.90 Å². The van der Waals surface area contributed by atoms with Crippen molar-refractivity contribution in [1.82, 2.24) is 4.90 Å². The molecule has 0 aromatic carbocycles. The fourth-order valence-electron chi connectivity index (χ4n) is 1.35. The third-order valence-electron chi connectivity index (χ3n) is 1.95. The Kier molecular flexibility index (Phi) is 3.10. The highest BCUT2D eigenvalue weighted by Gasteiger charge is 2.21. The molecule has 10 heavy (non-hydrogen) atoms. The molecule has 1 aliphatic rings. The number of halogens is 1. The van der Waals surface area contributed by atoms with Crippen LogP contribution in [0, 0.1) is 5.92 Å². The number of hydrogen-bond acceptors (Lipinski definition) is 2. The van der Waals surface area contributed by atoms with E-state index in [4.69, 9.17) is 0 Å². The fraction of sp³-hybridized carbons (Fsp3) is 0.857. The fourth-order valence-corrected chi connectivity index (χ4v) is 1.86. The van der Waals surface area contributed by atoms with Crippen LogP contribution in [0.15, 0.2) is 0 Å². The number of hydrogen-bond donors (Lipinski definition) is 0. The standard InChI is InChI=1S/C7H12INO/c1-9-4-2-3-6(5-9)7(8)10/h6H,2-5H2,1H3. The summed E-state index contributed by atoms with van der Waals surface area (Å²) < 4.78 is 0.323. The first-order valence-corrected chi connectivity index (χ1v) is 4.66. The SMILES string of the molecule is CN1CCCC(C(=O)I)C1. The zero-order valence-electron chi connectivity index (χ0n) is 6.14. The van der Waals surface area contributed by atoms with Gasteiger partial charge in [-0.2, -0.15) is 0 Å². The second kappa shape index (κ2) is 3.67. The van der Waals surface area contributed by atoms with Gasteiger partial charge in [0.15, 0.2) is 3.79 Å². The van der Waals surface area contributed by atoms with Crippen molar-refractivity contribution < 1.29 is 4.79 Å². The van der Waals surface area contributed by atoms with Crippen LogP contribution in [0.25, 0.3) is 0 Å². The molecule has 1 fully saturated rings. The Morgan fingerprint density at radius 1 is 1.70 bits per heavy atom. The Balaban J connectivity index is 2.39. The molecule has 0 aromatic rings. The highest BCUT2D eigenvalue weighted by Crippen LogP contribution is 2.18. The van der Waals surface area contributed by atoms with Crippen molar-refractivity contribution in [3.63, 3.8) is 0 Å². The van der Waals surface area contributed by atoms with Gasteiger partial charge in [-0.25, -0.2) is 0 Å². The van der Waals surface area contributed by atoms with Crippen molar-refractivity contribution in [2.45, 2.75) is 12.8 Å². The minimum absolute atomic E-state index is 0.305. The van der Waals surface area contributed by atoms with Gasteiger partial charge in [0, 0.05) is 12.5 Å². The van der Waals surface area contributed by atoms with Crippen LogP contribution in [0.4, 0.5) is 0 Å². The molecular formula is C7H12INO. The van der Waals surface area contributed by atoms with Gasteiger partial charge in [-0.3, -0.25) is 4.79 Å². The average molecular weight is 253 g/mol. The van der Waals surface area contributed by atoms with E-state index in [0.29, 0.717) is 9.71 Å². The topological polar surface area (TPSA) is 20.3 Å². The molecule has 0 amide bonds. The molecule has 1 aliphatic heterocycles. The lowest BCUT2D eigenvalue weighted by Gasteiger charge is -2.27. The van der Waals surface area contributed by atoms with Crippen LogP contribution >= 0.6 is 22.6 Å². The van der Waals surface area contributed by atoms with Crippen molar-refractivity contribution in [1.29, 1.82) is 0 Å². The Labute approximate surface area is 75.1 Å². The van der Waals surface area contributed by atoms with E-state index >= 15 is 0 Å². The Morgan fingerprint density at radius 3 is 2.80 bits per heavy atom. The summed E-state index contributed by atoms with van der Waals surface area (Å²) in [6.45, 7) is 2.11. The molecule has 1 rings (SSSR count). The van der Waals surface area contributed by atoms with E-state index in [9.17, 15) is 4.79 Å². The van der Waals surface area contributed by atoms with Crippen LogP contribution < -0.4 is 0 Å². The van der Waals surface area contributed by atoms with Crippen LogP contribution in [0.2, 0.25) is 0 Å². The molecule has 2 nitrogen and oxygen atoms in total. The molecule has 0 radical (unpaired) electrons. The summed E-state index contributed by atoms with van der Waals surface area (Å²) in [5.41, 5.74) is 0. The molecule has 1 heterocycles. The number of carbonyl (C=O) groups excluding carboxylic acids is 1. The van der Waals surface area contributed by atoms with Crippen molar-refractivity contribution in [2.24, 2.45) is 5.92 Å². The summed E-state index contributed by atoms with van der Waals surface area (Å²) in [5.74, 6) is 0.305. The predicted molar refractivity (Wildman–Crippen MR) is 49.2 cm³/mol. The zero-order chi connectivity index (χ0) is 7.56. The van der Waals surface area contributed by atoms with Crippen LogP contribution in [0.1, 0.15) is 12.8 Å². The molecular weight excluding hydrogens is 241 g/mol. The number of carbonyl (C=O) groups is 1. The van der Waals surface area contributed by atoms with Crippen LogP contribution in [-0.4, -0.2) is 28.8 Å². The second-order valence-corrected chi connectivity index (χ2v) is 3.97. The monoisotopic (exact) mass is 253 g/mol. The quantitative estimate of drug-likeness (QED) is 0.518. The second-order valence-electron chi connectivity index (χ2n) is 2.91. The summed E-state index contributed by atoms with van der Waals surface area (Å²) in [6, 6.07) is 0. The highest BCUT2D eigenvalue weighted by molar-refractivity contribution is 14.1. The van der Waals surface area contributed by atoms with Gasteiger partial charge >= 0.3 is 0 Å². The number of nitrogens with zero attached hydrogens (tertiary/aromatic N) is 1. The maximum atomic E-state index is 10.9. The van der Waals surface area contributed by atoms with Gasteiger partial charge in [-0.1, -0.05) is 0 Å². The minimum Gasteiger partial charge on any atom is -0.306 e. The molecule has 0 N–H and O–H groups in total. The van der Waals surface area contributed by atoms with Crippen molar-refractivity contribution in [3.8, 4) is 0 Å². The first-order chi connectivity index (χ1) is 4.70. The Hall–Kier alpha value is 0.360. The Morgan fingerprint density at radius 2 is 2.40 bits per heavy atom. The average Bonchev–Trinajstić information content (AvgIpc) is 1.88. The molecule has 0 aliphatic carbocycles. The summed E-state index contributed by atoms with van der Waals surface area (Å²) in [4.78, 5) is 13.1. The summed E-state index contributed by atoms with van der Waals surface area (Å²) >= 11 is 1.91. The minimum atomic E-state index is 0.305. The summed E-state index contributed by atoms with van der Waals surface area (Å²) in [6.07, 6.45) is 2.27. The van der Waals surface area contributed by atoms with Crippen molar-refractivity contribution >= 4 is 26.4 Å². The Bertz CT molecular complexity index is 138. The number of rotatable bonds is 1. The van der Waals surface area contributed by atoms with Crippen molar-refractivity contribution in [3.05, 3.63) is 0 Å². The normalized spacial score (nSPS) is 28.4. The van der Waals surface area contributed by atoms with E-state index in [1.807, 2.05) is 22.6 Å². The van der Waals surface area contributed by atoms with Gasteiger partial charge in [0.1, 0.15) is 0 Å². The molecule has 0 spiro atoms. The van der Waals surface area contributed by atoms with Gasteiger partial charge in [0.2, 0.25) is 0 Å². The molecule has 0 aromatic heterocycles. The third kappa shape index (κ3) is 2.20. The van der Waals surface area contributed by atoms with Gasteiger partial charge in [0.05, 0.1) is 0 Å². The van der Waals surface area contributed by atoms with Crippen LogP contribution in [-0.2, 0) is 4.79 Å². The lowest BCUT2D eigenvalue weighted by molar-refractivity contribution is -0.114. The maximum absolute atomic E-state index is 10.9. The van der Waals surface area contributed by atoms with E-state index in [1.165, 1.54) is 6.42 Å². The van der Waals surface area contributed by atoms with Crippen LogP contribution in [0.5, 0.6) is 0 Å². The van der Waals surface area contributed by atoms with E-state index in [-0.39, 0.29) is 0 Å². The summed E-state index contributed by atoms with van der Waals surface area (Å²) in [7, 11) is 2.08. The first kappa shape index (κ1) is 8.46.